The monoisotopic (exact) mass is 305 g/mol. The molecule has 0 saturated carbocycles. The minimum atomic E-state index is 0.256. The van der Waals surface area contributed by atoms with Crippen molar-refractivity contribution >= 4 is 11.8 Å². The van der Waals surface area contributed by atoms with Gasteiger partial charge in [-0.25, -0.2) is 4.98 Å². The fourth-order valence-corrected chi connectivity index (χ4v) is 2.42. The van der Waals surface area contributed by atoms with E-state index in [4.69, 9.17) is 4.74 Å². The van der Waals surface area contributed by atoms with Gasteiger partial charge in [0.05, 0.1) is 12.7 Å². The van der Waals surface area contributed by atoms with Crippen molar-refractivity contribution < 1.29 is 4.74 Å². The summed E-state index contributed by atoms with van der Waals surface area (Å²) < 4.78 is 5.58. The molecule has 0 amide bonds. The molecule has 2 N–H and O–H groups in total. The quantitative estimate of drug-likeness (QED) is 0.650. The molecule has 1 aromatic rings. The second-order valence-corrected chi connectivity index (χ2v) is 5.87. The summed E-state index contributed by atoms with van der Waals surface area (Å²) in [6.07, 6.45) is 2.12. The summed E-state index contributed by atoms with van der Waals surface area (Å²) in [4.78, 5) is 11.0. The van der Waals surface area contributed by atoms with Crippen LogP contribution in [0.1, 0.15) is 26.3 Å². The van der Waals surface area contributed by atoms with Crippen LogP contribution < -0.4 is 15.5 Å². The molecule has 1 atom stereocenters. The van der Waals surface area contributed by atoms with Gasteiger partial charge >= 0.3 is 0 Å². The van der Waals surface area contributed by atoms with Gasteiger partial charge in [-0.2, -0.15) is 0 Å². The third-order valence-electron chi connectivity index (χ3n) is 3.48. The number of aliphatic imine (C=N–C) groups is 1. The van der Waals surface area contributed by atoms with E-state index in [1.165, 1.54) is 5.56 Å². The van der Waals surface area contributed by atoms with Gasteiger partial charge in [0.2, 0.25) is 0 Å². The predicted molar refractivity (Wildman–Crippen MR) is 90.3 cm³/mol. The minimum Gasteiger partial charge on any atom is -0.375 e. The van der Waals surface area contributed by atoms with Gasteiger partial charge in [0, 0.05) is 38.9 Å². The maximum Gasteiger partial charge on any atom is 0.191 e. The Kier molecular flexibility index (Phi) is 6.00. The van der Waals surface area contributed by atoms with Crippen molar-refractivity contribution in [2.75, 3.05) is 31.6 Å². The van der Waals surface area contributed by atoms with E-state index in [-0.39, 0.29) is 6.10 Å². The number of nitrogens with one attached hydrogen (secondary N) is 2. The number of nitrogens with zero attached hydrogens (tertiary/aromatic N) is 3. The van der Waals surface area contributed by atoms with E-state index in [2.05, 4.69) is 52.3 Å². The first-order valence-corrected chi connectivity index (χ1v) is 7.87. The highest BCUT2D eigenvalue weighted by Crippen LogP contribution is 2.16. The van der Waals surface area contributed by atoms with Crippen molar-refractivity contribution in [1.82, 2.24) is 15.6 Å². The van der Waals surface area contributed by atoms with Gasteiger partial charge < -0.3 is 20.3 Å². The van der Waals surface area contributed by atoms with Crippen molar-refractivity contribution in [3.8, 4) is 0 Å². The number of ether oxygens (including phenoxy) is 1. The summed E-state index contributed by atoms with van der Waals surface area (Å²) in [5.41, 5.74) is 1.19. The van der Waals surface area contributed by atoms with Gasteiger partial charge in [-0.15, -0.1) is 0 Å². The molecule has 2 heterocycles. The van der Waals surface area contributed by atoms with Gasteiger partial charge in [-0.1, -0.05) is 0 Å². The van der Waals surface area contributed by atoms with E-state index in [9.17, 15) is 0 Å². The lowest BCUT2D eigenvalue weighted by Gasteiger charge is -2.32. The van der Waals surface area contributed by atoms with Crippen LogP contribution in [-0.2, 0) is 11.3 Å². The van der Waals surface area contributed by atoms with Crippen LogP contribution in [0, 0.1) is 0 Å². The van der Waals surface area contributed by atoms with Crippen LogP contribution in [0.3, 0.4) is 0 Å². The zero-order chi connectivity index (χ0) is 15.9. The number of aromatic nitrogens is 1. The van der Waals surface area contributed by atoms with Gasteiger partial charge in [-0.3, -0.25) is 4.99 Å². The Bertz CT molecular complexity index is 503. The van der Waals surface area contributed by atoms with Crippen LogP contribution in [0.5, 0.6) is 0 Å². The molecule has 0 spiro atoms. The highest BCUT2D eigenvalue weighted by Gasteiger charge is 2.17. The number of rotatable bonds is 4. The largest absolute Gasteiger partial charge is 0.375 e. The summed E-state index contributed by atoms with van der Waals surface area (Å²) in [5, 5.41) is 6.60. The topological polar surface area (TPSA) is 61.8 Å². The number of hydrogen-bond acceptors (Lipinski definition) is 4. The molecule has 122 valence electrons. The highest BCUT2D eigenvalue weighted by molar-refractivity contribution is 5.79. The fourth-order valence-electron chi connectivity index (χ4n) is 2.42. The van der Waals surface area contributed by atoms with E-state index < -0.39 is 0 Å². The first kappa shape index (κ1) is 16.5. The Labute approximate surface area is 133 Å². The maximum atomic E-state index is 5.58. The van der Waals surface area contributed by atoms with Crippen molar-refractivity contribution in [2.45, 2.75) is 39.5 Å². The van der Waals surface area contributed by atoms with Crippen LogP contribution in [0.2, 0.25) is 0 Å². The molecule has 2 rings (SSSR count). The lowest BCUT2D eigenvalue weighted by Crippen LogP contribution is -2.42. The third-order valence-corrected chi connectivity index (χ3v) is 3.48. The highest BCUT2D eigenvalue weighted by atomic mass is 16.5. The third kappa shape index (κ3) is 4.87. The van der Waals surface area contributed by atoms with E-state index in [0.29, 0.717) is 6.04 Å². The van der Waals surface area contributed by atoms with Gasteiger partial charge in [0.15, 0.2) is 5.96 Å². The van der Waals surface area contributed by atoms with Crippen LogP contribution in [0.15, 0.2) is 23.3 Å². The first-order chi connectivity index (χ1) is 10.6. The lowest BCUT2D eigenvalue weighted by molar-refractivity contribution is 0.0529. The molecular weight excluding hydrogens is 278 g/mol. The summed E-state index contributed by atoms with van der Waals surface area (Å²) in [6.45, 7) is 9.55. The summed E-state index contributed by atoms with van der Waals surface area (Å²) in [5.74, 6) is 1.83. The van der Waals surface area contributed by atoms with Crippen LogP contribution >= 0.6 is 0 Å². The molecule has 1 fully saturated rings. The first-order valence-electron chi connectivity index (χ1n) is 7.87. The predicted octanol–water partition coefficient (Wildman–Crippen LogP) is 1.38. The van der Waals surface area contributed by atoms with E-state index >= 15 is 0 Å². The van der Waals surface area contributed by atoms with Crippen molar-refractivity contribution in [2.24, 2.45) is 4.99 Å². The van der Waals surface area contributed by atoms with Crippen molar-refractivity contribution in [1.29, 1.82) is 0 Å². The van der Waals surface area contributed by atoms with Crippen LogP contribution in [0.4, 0.5) is 5.82 Å². The Morgan fingerprint density at radius 3 is 3.05 bits per heavy atom. The maximum absolute atomic E-state index is 5.58. The molecule has 1 aromatic heterocycles. The van der Waals surface area contributed by atoms with E-state index in [1.54, 1.807) is 7.05 Å². The number of guanidine groups is 1. The summed E-state index contributed by atoms with van der Waals surface area (Å²) >= 11 is 0. The Balaban J connectivity index is 1.96. The van der Waals surface area contributed by atoms with Gasteiger partial charge in [0.25, 0.3) is 0 Å². The molecule has 6 heteroatoms. The molecule has 1 aliphatic heterocycles. The minimum absolute atomic E-state index is 0.256. The number of morpholine rings is 1. The smallest absolute Gasteiger partial charge is 0.191 e. The second-order valence-electron chi connectivity index (χ2n) is 5.87. The standard InChI is InChI=1S/C16H27N5O/c1-12(2)20-16(17-4)19-10-14-5-6-18-15(9-14)21-7-8-22-13(3)11-21/h5-6,9,12-13H,7-8,10-11H2,1-4H3,(H2,17,19,20). The molecule has 0 aromatic carbocycles. The average molecular weight is 305 g/mol. The molecule has 1 unspecified atom stereocenters. The molecule has 22 heavy (non-hydrogen) atoms. The Hall–Kier alpha value is -1.82. The number of pyridine rings is 1. The van der Waals surface area contributed by atoms with Gasteiger partial charge in [0.1, 0.15) is 5.82 Å². The average Bonchev–Trinajstić information content (AvgIpc) is 2.51. The second kappa shape index (κ2) is 7.98. The van der Waals surface area contributed by atoms with E-state index in [0.717, 1.165) is 38.0 Å². The molecule has 0 aliphatic carbocycles. The van der Waals surface area contributed by atoms with Crippen LogP contribution in [0.25, 0.3) is 0 Å². The molecule has 1 aliphatic rings. The zero-order valence-electron chi connectivity index (χ0n) is 14.0. The molecule has 0 radical (unpaired) electrons. The van der Waals surface area contributed by atoms with Gasteiger partial charge in [-0.05, 0) is 38.5 Å². The van der Waals surface area contributed by atoms with E-state index in [1.807, 2.05) is 12.3 Å². The summed E-state index contributed by atoms with van der Waals surface area (Å²) in [6, 6.07) is 4.52. The molecule has 6 nitrogen and oxygen atoms in total. The van der Waals surface area contributed by atoms with Crippen molar-refractivity contribution in [3.05, 3.63) is 23.9 Å². The Morgan fingerprint density at radius 2 is 2.36 bits per heavy atom. The normalized spacial score (nSPS) is 19.4. The molecule has 1 saturated heterocycles. The van der Waals surface area contributed by atoms with Crippen molar-refractivity contribution in [3.63, 3.8) is 0 Å². The van der Waals surface area contributed by atoms with Crippen LogP contribution in [-0.4, -0.2) is 49.8 Å². The Morgan fingerprint density at radius 1 is 1.55 bits per heavy atom. The number of anilines is 1. The fraction of sp³-hybridized carbons (Fsp3) is 0.625. The SMILES string of the molecule is CN=C(NCc1ccnc(N2CCOC(C)C2)c1)NC(C)C. The zero-order valence-corrected chi connectivity index (χ0v) is 14.0. The summed E-state index contributed by atoms with van der Waals surface area (Å²) in [7, 11) is 1.78. The lowest BCUT2D eigenvalue weighted by atomic mass is 10.2. The molecular formula is C16H27N5O. The number of hydrogen-bond donors (Lipinski definition) is 2. The molecule has 0 bridgehead atoms.